The maximum absolute atomic E-state index is 8.47. The molecule has 5 heteroatoms. The van der Waals surface area contributed by atoms with Crippen molar-refractivity contribution in [3.63, 3.8) is 0 Å². The Morgan fingerprint density at radius 1 is 1.40 bits per heavy atom. The maximum atomic E-state index is 8.47. The lowest BCUT2D eigenvalue weighted by atomic mass is 10.4. The van der Waals surface area contributed by atoms with Gasteiger partial charge in [-0.1, -0.05) is 17.7 Å². The van der Waals surface area contributed by atoms with E-state index in [1.54, 1.807) is 6.07 Å². The Kier molecular flexibility index (Phi) is 6.08. The van der Waals surface area contributed by atoms with Crippen LogP contribution in [0.3, 0.4) is 0 Å². The molecule has 0 amide bonds. The van der Waals surface area contributed by atoms with Gasteiger partial charge in [0.15, 0.2) is 0 Å². The van der Waals surface area contributed by atoms with Crippen molar-refractivity contribution in [2.75, 3.05) is 31.7 Å². The van der Waals surface area contributed by atoms with Gasteiger partial charge in [0.25, 0.3) is 0 Å². The van der Waals surface area contributed by atoms with Crippen molar-refractivity contribution >= 4 is 17.4 Å². The molecule has 1 heterocycles. The van der Waals surface area contributed by atoms with E-state index in [1.165, 1.54) is 0 Å². The predicted molar refractivity (Wildman–Crippen MR) is 60.3 cm³/mol. The second-order valence-corrected chi connectivity index (χ2v) is 3.35. The lowest BCUT2D eigenvalue weighted by Crippen LogP contribution is -2.08. The minimum atomic E-state index is 0.0727. The zero-order valence-electron chi connectivity index (χ0n) is 8.45. The van der Waals surface area contributed by atoms with E-state index in [4.69, 9.17) is 21.4 Å². The summed E-state index contributed by atoms with van der Waals surface area (Å²) in [5.74, 6) is 0.768. The van der Waals surface area contributed by atoms with Crippen molar-refractivity contribution in [2.24, 2.45) is 0 Å². The number of nitrogens with one attached hydrogen (secondary N) is 1. The number of ether oxygens (including phenoxy) is 1. The molecule has 0 atom stereocenters. The molecular formula is C10H15ClN2O2. The molecule has 0 radical (unpaired) electrons. The molecular weight excluding hydrogens is 216 g/mol. The highest BCUT2D eigenvalue weighted by atomic mass is 35.5. The summed E-state index contributed by atoms with van der Waals surface area (Å²) < 4.78 is 5.11. The number of halogens is 1. The molecule has 0 saturated heterocycles. The van der Waals surface area contributed by atoms with E-state index >= 15 is 0 Å². The second kappa shape index (κ2) is 7.45. The molecule has 1 aromatic rings. The Morgan fingerprint density at radius 3 is 3.00 bits per heavy atom. The third-order valence-electron chi connectivity index (χ3n) is 1.72. The van der Waals surface area contributed by atoms with Crippen molar-refractivity contribution in [3.05, 3.63) is 23.4 Å². The summed E-state index contributed by atoms with van der Waals surface area (Å²) in [4.78, 5) is 4.08. The summed E-state index contributed by atoms with van der Waals surface area (Å²) in [6, 6.07) is 5.44. The average Bonchev–Trinajstić information content (AvgIpc) is 2.23. The third kappa shape index (κ3) is 5.57. The Labute approximate surface area is 94.2 Å². The van der Waals surface area contributed by atoms with Gasteiger partial charge in [0.2, 0.25) is 0 Å². The van der Waals surface area contributed by atoms with Crippen LogP contribution in [0.5, 0.6) is 0 Å². The molecule has 0 aliphatic carbocycles. The molecule has 15 heavy (non-hydrogen) atoms. The topological polar surface area (TPSA) is 54.4 Å². The van der Waals surface area contributed by atoms with E-state index in [1.807, 2.05) is 12.1 Å². The molecule has 0 unspecified atom stereocenters. The van der Waals surface area contributed by atoms with E-state index in [2.05, 4.69) is 10.3 Å². The van der Waals surface area contributed by atoms with Crippen molar-refractivity contribution in [1.82, 2.24) is 4.98 Å². The van der Waals surface area contributed by atoms with Crippen molar-refractivity contribution < 1.29 is 9.84 Å². The summed E-state index contributed by atoms with van der Waals surface area (Å²) in [5.41, 5.74) is 0. The third-order valence-corrected chi connectivity index (χ3v) is 1.93. The quantitative estimate of drug-likeness (QED) is 0.551. The van der Waals surface area contributed by atoms with E-state index in [0.717, 1.165) is 18.8 Å². The predicted octanol–water partition coefficient (Wildman–Crippen LogP) is 1.55. The number of aliphatic hydroxyl groups is 1. The van der Waals surface area contributed by atoms with Gasteiger partial charge in [-0.05, 0) is 18.6 Å². The normalized spacial score (nSPS) is 10.3. The molecule has 0 bridgehead atoms. The van der Waals surface area contributed by atoms with Crippen LogP contribution >= 0.6 is 11.6 Å². The number of hydrogen-bond acceptors (Lipinski definition) is 4. The number of hydrogen-bond donors (Lipinski definition) is 2. The molecule has 1 rings (SSSR count). The first-order chi connectivity index (χ1) is 7.33. The van der Waals surface area contributed by atoms with E-state index in [9.17, 15) is 0 Å². The summed E-state index contributed by atoms with van der Waals surface area (Å²) >= 11 is 5.72. The van der Waals surface area contributed by atoms with Gasteiger partial charge in [-0.3, -0.25) is 0 Å². The van der Waals surface area contributed by atoms with Gasteiger partial charge in [0.1, 0.15) is 11.0 Å². The van der Waals surface area contributed by atoms with Crippen LogP contribution in [0.4, 0.5) is 5.82 Å². The summed E-state index contributed by atoms with van der Waals surface area (Å²) in [6.45, 7) is 1.88. The number of aliphatic hydroxyl groups excluding tert-OH is 1. The lowest BCUT2D eigenvalue weighted by Gasteiger charge is -2.05. The lowest BCUT2D eigenvalue weighted by molar-refractivity contribution is 0.0922. The van der Waals surface area contributed by atoms with Gasteiger partial charge in [-0.2, -0.15) is 0 Å². The summed E-state index contributed by atoms with van der Waals surface area (Å²) in [5, 5.41) is 12.1. The average molecular weight is 231 g/mol. The van der Waals surface area contributed by atoms with Crippen LogP contribution in [0.2, 0.25) is 5.15 Å². The fraction of sp³-hybridized carbons (Fsp3) is 0.500. The van der Waals surface area contributed by atoms with Gasteiger partial charge >= 0.3 is 0 Å². The van der Waals surface area contributed by atoms with Crippen LogP contribution in [0.25, 0.3) is 0 Å². The Morgan fingerprint density at radius 2 is 2.27 bits per heavy atom. The second-order valence-electron chi connectivity index (χ2n) is 2.96. The zero-order chi connectivity index (χ0) is 10.9. The first kappa shape index (κ1) is 12.2. The molecule has 0 fully saturated rings. The van der Waals surface area contributed by atoms with Gasteiger partial charge in [0.05, 0.1) is 13.2 Å². The van der Waals surface area contributed by atoms with E-state index in [-0.39, 0.29) is 6.61 Å². The minimum Gasteiger partial charge on any atom is -0.394 e. The van der Waals surface area contributed by atoms with Gasteiger partial charge in [0, 0.05) is 13.2 Å². The molecule has 1 aromatic heterocycles. The van der Waals surface area contributed by atoms with Crippen molar-refractivity contribution in [3.8, 4) is 0 Å². The minimum absolute atomic E-state index is 0.0727. The highest BCUT2D eigenvalue weighted by Crippen LogP contribution is 2.08. The largest absolute Gasteiger partial charge is 0.394 e. The summed E-state index contributed by atoms with van der Waals surface area (Å²) in [6.07, 6.45) is 0.869. The number of aromatic nitrogens is 1. The Bertz CT molecular complexity index is 284. The van der Waals surface area contributed by atoms with E-state index in [0.29, 0.717) is 18.4 Å². The molecule has 2 N–H and O–H groups in total. The maximum Gasteiger partial charge on any atom is 0.131 e. The zero-order valence-corrected chi connectivity index (χ0v) is 9.20. The highest BCUT2D eigenvalue weighted by Gasteiger charge is 1.94. The van der Waals surface area contributed by atoms with E-state index < -0.39 is 0 Å². The number of rotatable bonds is 7. The van der Waals surface area contributed by atoms with Crippen LogP contribution in [-0.4, -0.2) is 36.5 Å². The molecule has 0 aromatic carbocycles. The van der Waals surface area contributed by atoms with Crippen LogP contribution in [0.1, 0.15) is 6.42 Å². The Balaban J connectivity index is 2.10. The standard InChI is InChI=1S/C10H15ClN2O2/c11-9-3-1-4-10(13-9)12-5-2-7-15-8-6-14/h1,3-4,14H,2,5-8H2,(H,12,13). The number of anilines is 1. The highest BCUT2D eigenvalue weighted by molar-refractivity contribution is 6.29. The monoisotopic (exact) mass is 230 g/mol. The molecule has 4 nitrogen and oxygen atoms in total. The van der Waals surface area contributed by atoms with Crippen LogP contribution in [0.15, 0.2) is 18.2 Å². The molecule has 0 aliphatic heterocycles. The number of pyridine rings is 1. The van der Waals surface area contributed by atoms with Crippen molar-refractivity contribution in [2.45, 2.75) is 6.42 Å². The van der Waals surface area contributed by atoms with Crippen LogP contribution in [-0.2, 0) is 4.74 Å². The SMILES string of the molecule is OCCOCCCNc1cccc(Cl)n1. The first-order valence-electron chi connectivity index (χ1n) is 4.88. The Hall–Kier alpha value is -0.840. The smallest absolute Gasteiger partial charge is 0.131 e. The van der Waals surface area contributed by atoms with Gasteiger partial charge < -0.3 is 15.2 Å². The summed E-state index contributed by atoms with van der Waals surface area (Å²) in [7, 11) is 0. The van der Waals surface area contributed by atoms with Crippen LogP contribution < -0.4 is 5.32 Å². The molecule has 0 aliphatic rings. The first-order valence-corrected chi connectivity index (χ1v) is 5.26. The molecule has 0 spiro atoms. The van der Waals surface area contributed by atoms with Gasteiger partial charge in [-0.15, -0.1) is 0 Å². The number of nitrogens with zero attached hydrogens (tertiary/aromatic N) is 1. The molecule has 84 valence electrons. The van der Waals surface area contributed by atoms with Crippen molar-refractivity contribution in [1.29, 1.82) is 0 Å². The molecule has 0 saturated carbocycles. The fourth-order valence-electron chi connectivity index (χ4n) is 1.06. The van der Waals surface area contributed by atoms with Gasteiger partial charge in [-0.25, -0.2) is 4.98 Å². The van der Waals surface area contributed by atoms with Crippen LogP contribution in [0, 0.1) is 0 Å². The fourth-order valence-corrected chi connectivity index (χ4v) is 1.23.